The molecule has 0 radical (unpaired) electrons. The Morgan fingerprint density at radius 1 is 1.10 bits per heavy atom. The fourth-order valence-corrected chi connectivity index (χ4v) is 4.01. The van der Waals surface area contributed by atoms with Crippen molar-refractivity contribution < 1.29 is 17.7 Å². The van der Waals surface area contributed by atoms with Gasteiger partial charge in [-0.25, -0.2) is 8.42 Å². The number of carbonyl (C=O) groups is 1. The van der Waals surface area contributed by atoms with Crippen molar-refractivity contribution in [2.75, 3.05) is 5.32 Å². The van der Waals surface area contributed by atoms with E-state index in [1.165, 1.54) is 0 Å². The fraction of sp³-hybridized carbons (Fsp3) is 0.286. The summed E-state index contributed by atoms with van der Waals surface area (Å²) in [4.78, 5) is 16.5. The molecule has 0 saturated heterocycles. The van der Waals surface area contributed by atoms with Crippen LogP contribution in [0.2, 0.25) is 0 Å². The summed E-state index contributed by atoms with van der Waals surface area (Å²) in [7, 11) is -3.56. The smallest absolute Gasteiger partial charge is 0.227 e. The van der Waals surface area contributed by atoms with Gasteiger partial charge in [0.15, 0.2) is 15.7 Å². The molecule has 0 unspecified atom stereocenters. The number of aromatic nitrogens is 2. The highest BCUT2D eigenvalue weighted by Crippen LogP contribution is 2.17. The molecular formula is C21H23N3O4S. The Morgan fingerprint density at radius 2 is 1.83 bits per heavy atom. The molecule has 7 nitrogen and oxygen atoms in total. The Balaban J connectivity index is 1.57. The number of hydrogen-bond acceptors (Lipinski definition) is 6. The second-order valence-electron chi connectivity index (χ2n) is 6.74. The number of nitrogens with one attached hydrogen (secondary N) is 1. The average Bonchev–Trinajstić information content (AvgIpc) is 3.14. The first-order valence-corrected chi connectivity index (χ1v) is 11.0. The Hall–Kier alpha value is -3.00. The molecule has 0 spiro atoms. The molecule has 152 valence electrons. The highest BCUT2D eigenvalue weighted by Gasteiger charge is 2.19. The van der Waals surface area contributed by atoms with Crippen LogP contribution in [0.15, 0.2) is 57.9 Å². The molecule has 0 aliphatic carbocycles. The fourth-order valence-electron chi connectivity index (χ4n) is 2.83. The normalized spacial score (nSPS) is 11.4. The van der Waals surface area contributed by atoms with Crippen molar-refractivity contribution in [1.82, 2.24) is 10.1 Å². The predicted molar refractivity (Wildman–Crippen MR) is 109 cm³/mol. The van der Waals surface area contributed by atoms with Crippen molar-refractivity contribution >= 4 is 21.4 Å². The summed E-state index contributed by atoms with van der Waals surface area (Å²) in [6.07, 6.45) is 1.21. The number of hydrogen-bond donors (Lipinski definition) is 1. The van der Waals surface area contributed by atoms with Gasteiger partial charge in [-0.3, -0.25) is 4.79 Å². The zero-order valence-electron chi connectivity index (χ0n) is 16.4. The van der Waals surface area contributed by atoms with E-state index in [2.05, 4.69) is 15.5 Å². The van der Waals surface area contributed by atoms with Crippen molar-refractivity contribution in [2.24, 2.45) is 0 Å². The molecule has 0 fully saturated rings. The number of carbonyl (C=O) groups excluding carboxylic acids is 1. The number of nitrogens with zero attached hydrogens (tertiary/aromatic N) is 2. The number of benzene rings is 2. The van der Waals surface area contributed by atoms with Crippen LogP contribution in [0.25, 0.3) is 0 Å². The maximum absolute atomic E-state index is 12.5. The topological polar surface area (TPSA) is 102 Å². The molecule has 0 atom stereocenters. The predicted octanol–water partition coefficient (Wildman–Crippen LogP) is 3.49. The highest BCUT2D eigenvalue weighted by molar-refractivity contribution is 7.90. The van der Waals surface area contributed by atoms with Crippen LogP contribution < -0.4 is 5.32 Å². The number of amides is 1. The van der Waals surface area contributed by atoms with E-state index in [4.69, 9.17) is 4.52 Å². The minimum atomic E-state index is -3.56. The van der Waals surface area contributed by atoms with Gasteiger partial charge in [-0.2, -0.15) is 4.98 Å². The standard InChI is InChI=1S/C21H23N3O4S/c1-3-16-6-4-5-7-18(16)22-20(25)12-13-21-23-19(24-28-21)14-29(26,27)17-10-8-15(2)9-11-17/h4-11H,3,12-14H2,1-2H3,(H,22,25). The molecule has 3 aromatic rings. The van der Waals surface area contributed by atoms with Gasteiger partial charge >= 0.3 is 0 Å². The molecule has 0 aliphatic heterocycles. The van der Waals surface area contributed by atoms with Crippen LogP contribution >= 0.6 is 0 Å². The van der Waals surface area contributed by atoms with Gasteiger partial charge in [0, 0.05) is 18.5 Å². The van der Waals surface area contributed by atoms with Crippen molar-refractivity contribution in [3.8, 4) is 0 Å². The first-order valence-electron chi connectivity index (χ1n) is 9.36. The highest BCUT2D eigenvalue weighted by atomic mass is 32.2. The molecule has 1 amide bonds. The van der Waals surface area contributed by atoms with Gasteiger partial charge in [0.2, 0.25) is 11.8 Å². The summed E-state index contributed by atoms with van der Waals surface area (Å²) in [5.41, 5.74) is 2.82. The van der Waals surface area contributed by atoms with Crippen molar-refractivity contribution in [1.29, 1.82) is 0 Å². The summed E-state index contributed by atoms with van der Waals surface area (Å²) in [6, 6.07) is 14.2. The lowest BCUT2D eigenvalue weighted by Crippen LogP contribution is -2.13. The van der Waals surface area contributed by atoms with Gasteiger partial charge in [0.1, 0.15) is 5.75 Å². The maximum Gasteiger partial charge on any atom is 0.227 e. The second kappa shape index (κ2) is 9.00. The van der Waals surface area contributed by atoms with E-state index in [-0.39, 0.29) is 41.1 Å². The van der Waals surface area contributed by atoms with E-state index in [1.54, 1.807) is 24.3 Å². The molecule has 0 bridgehead atoms. The van der Waals surface area contributed by atoms with E-state index >= 15 is 0 Å². The summed E-state index contributed by atoms with van der Waals surface area (Å²) in [5, 5.41) is 6.61. The minimum Gasteiger partial charge on any atom is -0.339 e. The van der Waals surface area contributed by atoms with Gasteiger partial charge < -0.3 is 9.84 Å². The second-order valence-corrected chi connectivity index (χ2v) is 8.72. The molecular weight excluding hydrogens is 390 g/mol. The molecule has 1 aromatic heterocycles. The third kappa shape index (κ3) is 5.51. The zero-order valence-corrected chi connectivity index (χ0v) is 17.2. The summed E-state index contributed by atoms with van der Waals surface area (Å²) >= 11 is 0. The van der Waals surface area contributed by atoms with E-state index in [1.807, 2.05) is 38.1 Å². The van der Waals surface area contributed by atoms with E-state index in [0.717, 1.165) is 23.2 Å². The van der Waals surface area contributed by atoms with Crippen LogP contribution in [-0.4, -0.2) is 24.5 Å². The Morgan fingerprint density at radius 3 is 2.55 bits per heavy atom. The zero-order chi connectivity index (χ0) is 20.9. The molecule has 29 heavy (non-hydrogen) atoms. The summed E-state index contributed by atoms with van der Waals surface area (Å²) in [5.74, 6) is -0.205. The number of para-hydroxylation sites is 1. The van der Waals surface area contributed by atoms with E-state index < -0.39 is 9.84 Å². The number of sulfone groups is 1. The van der Waals surface area contributed by atoms with Crippen molar-refractivity contribution in [3.63, 3.8) is 0 Å². The van der Waals surface area contributed by atoms with Crippen LogP contribution in [0.3, 0.4) is 0 Å². The van der Waals surface area contributed by atoms with Gasteiger partial charge in [-0.1, -0.05) is 48.0 Å². The number of anilines is 1. The van der Waals surface area contributed by atoms with E-state index in [0.29, 0.717) is 0 Å². The van der Waals surface area contributed by atoms with Crippen LogP contribution in [0, 0.1) is 6.92 Å². The van der Waals surface area contributed by atoms with Gasteiger partial charge in [0.05, 0.1) is 4.90 Å². The van der Waals surface area contributed by atoms with Gasteiger partial charge in [-0.15, -0.1) is 0 Å². The Labute approximate surface area is 170 Å². The van der Waals surface area contributed by atoms with Crippen LogP contribution in [0.4, 0.5) is 5.69 Å². The first kappa shape index (κ1) is 20.7. The van der Waals surface area contributed by atoms with E-state index in [9.17, 15) is 13.2 Å². The lowest BCUT2D eigenvalue weighted by atomic mass is 10.1. The SMILES string of the molecule is CCc1ccccc1NC(=O)CCc1nc(CS(=O)(=O)c2ccc(C)cc2)no1. The largest absolute Gasteiger partial charge is 0.339 e. The Kier molecular flexibility index (Phi) is 6.43. The van der Waals surface area contributed by atoms with Crippen LogP contribution in [0.1, 0.15) is 36.2 Å². The van der Waals surface area contributed by atoms with Crippen molar-refractivity contribution in [2.45, 2.75) is 43.8 Å². The quantitative estimate of drug-likeness (QED) is 0.606. The summed E-state index contributed by atoms with van der Waals surface area (Å²) in [6.45, 7) is 3.91. The Bertz CT molecular complexity index is 1090. The van der Waals surface area contributed by atoms with Gasteiger partial charge in [0.25, 0.3) is 0 Å². The first-order chi connectivity index (χ1) is 13.9. The third-order valence-electron chi connectivity index (χ3n) is 4.45. The molecule has 8 heteroatoms. The lowest BCUT2D eigenvalue weighted by Gasteiger charge is -2.08. The lowest BCUT2D eigenvalue weighted by molar-refractivity contribution is -0.116. The molecule has 3 rings (SSSR count). The molecule has 1 N–H and O–H groups in total. The average molecular weight is 413 g/mol. The number of aryl methyl sites for hydroxylation is 3. The monoisotopic (exact) mass is 413 g/mol. The molecule has 0 saturated carbocycles. The van der Waals surface area contributed by atoms with Crippen LogP contribution in [0.5, 0.6) is 0 Å². The number of rotatable bonds is 8. The van der Waals surface area contributed by atoms with Crippen molar-refractivity contribution in [3.05, 3.63) is 71.4 Å². The molecule has 1 heterocycles. The summed E-state index contributed by atoms with van der Waals surface area (Å²) < 4.78 is 30.0. The minimum absolute atomic E-state index is 0.0808. The molecule has 0 aliphatic rings. The maximum atomic E-state index is 12.5. The third-order valence-corrected chi connectivity index (χ3v) is 6.08. The van der Waals surface area contributed by atoms with Crippen LogP contribution in [-0.2, 0) is 33.2 Å². The van der Waals surface area contributed by atoms with Gasteiger partial charge in [-0.05, 0) is 37.1 Å². The molecule has 2 aromatic carbocycles.